The predicted octanol–water partition coefficient (Wildman–Crippen LogP) is 1.64. The molecule has 1 aliphatic heterocycles. The van der Waals surface area contributed by atoms with Crippen LogP contribution in [0.4, 0.5) is 0 Å². The second-order valence-electron chi connectivity index (χ2n) is 5.00. The first kappa shape index (κ1) is 13.0. The minimum absolute atomic E-state index is 0.155. The van der Waals surface area contributed by atoms with E-state index in [-0.39, 0.29) is 18.1 Å². The van der Waals surface area contributed by atoms with E-state index in [1.54, 1.807) is 19.2 Å². The van der Waals surface area contributed by atoms with Crippen LogP contribution in [0.25, 0.3) is 0 Å². The lowest BCUT2D eigenvalue weighted by atomic mass is 10.1. The fourth-order valence-electron chi connectivity index (χ4n) is 1.86. The van der Waals surface area contributed by atoms with E-state index in [1.807, 2.05) is 13.8 Å². The summed E-state index contributed by atoms with van der Waals surface area (Å²) in [7, 11) is 1.67. The SMILES string of the molecule is COCC(C)(C)NCc1cc2c(cc1O)OCO2. The highest BCUT2D eigenvalue weighted by molar-refractivity contribution is 5.51. The minimum atomic E-state index is -0.155. The van der Waals surface area contributed by atoms with Crippen LogP contribution in [0.2, 0.25) is 0 Å². The number of hydrogen-bond donors (Lipinski definition) is 2. The molecular formula is C13H19NO4. The van der Waals surface area contributed by atoms with Crippen molar-refractivity contribution in [2.75, 3.05) is 20.5 Å². The van der Waals surface area contributed by atoms with Crippen LogP contribution in [0.15, 0.2) is 12.1 Å². The Morgan fingerprint density at radius 3 is 2.67 bits per heavy atom. The van der Waals surface area contributed by atoms with Crippen LogP contribution < -0.4 is 14.8 Å². The highest BCUT2D eigenvalue weighted by Gasteiger charge is 2.20. The molecule has 5 heteroatoms. The summed E-state index contributed by atoms with van der Waals surface area (Å²) in [6.45, 7) is 5.43. The topological polar surface area (TPSA) is 60.0 Å². The first-order valence-electron chi connectivity index (χ1n) is 5.87. The van der Waals surface area contributed by atoms with E-state index in [0.717, 1.165) is 5.56 Å². The van der Waals surface area contributed by atoms with Gasteiger partial charge in [-0.25, -0.2) is 0 Å². The summed E-state index contributed by atoms with van der Waals surface area (Å²) in [4.78, 5) is 0. The van der Waals surface area contributed by atoms with Crippen molar-refractivity contribution in [3.8, 4) is 17.2 Å². The molecule has 1 aromatic carbocycles. The Bertz CT molecular complexity index is 431. The van der Waals surface area contributed by atoms with Gasteiger partial charge >= 0.3 is 0 Å². The lowest BCUT2D eigenvalue weighted by Crippen LogP contribution is -2.42. The van der Waals surface area contributed by atoms with E-state index < -0.39 is 0 Å². The highest BCUT2D eigenvalue weighted by Crippen LogP contribution is 2.37. The van der Waals surface area contributed by atoms with Gasteiger partial charge in [0.25, 0.3) is 0 Å². The largest absolute Gasteiger partial charge is 0.507 e. The van der Waals surface area contributed by atoms with Gasteiger partial charge in [-0.05, 0) is 19.9 Å². The Morgan fingerprint density at radius 1 is 1.33 bits per heavy atom. The minimum Gasteiger partial charge on any atom is -0.507 e. The fourth-order valence-corrected chi connectivity index (χ4v) is 1.86. The predicted molar refractivity (Wildman–Crippen MR) is 67.0 cm³/mol. The van der Waals surface area contributed by atoms with Crippen LogP contribution in [0.1, 0.15) is 19.4 Å². The van der Waals surface area contributed by atoms with E-state index in [1.165, 1.54) is 0 Å². The molecule has 0 saturated heterocycles. The van der Waals surface area contributed by atoms with Crippen molar-refractivity contribution in [2.45, 2.75) is 25.9 Å². The van der Waals surface area contributed by atoms with Gasteiger partial charge in [-0.2, -0.15) is 0 Å². The van der Waals surface area contributed by atoms with Crippen molar-refractivity contribution in [1.82, 2.24) is 5.32 Å². The standard InChI is InChI=1S/C13H19NO4/c1-13(2,7-16-3)14-6-9-4-11-12(5-10(9)15)18-8-17-11/h4-5,14-15H,6-8H2,1-3H3. The maximum atomic E-state index is 9.89. The number of ether oxygens (including phenoxy) is 3. The average Bonchev–Trinajstić information content (AvgIpc) is 2.72. The third-order valence-electron chi connectivity index (χ3n) is 2.84. The fraction of sp³-hybridized carbons (Fsp3) is 0.538. The summed E-state index contributed by atoms with van der Waals surface area (Å²) in [6, 6.07) is 3.39. The first-order chi connectivity index (χ1) is 8.52. The third-order valence-corrected chi connectivity index (χ3v) is 2.84. The van der Waals surface area contributed by atoms with E-state index >= 15 is 0 Å². The smallest absolute Gasteiger partial charge is 0.231 e. The van der Waals surface area contributed by atoms with Crippen molar-refractivity contribution in [1.29, 1.82) is 0 Å². The maximum Gasteiger partial charge on any atom is 0.231 e. The van der Waals surface area contributed by atoms with Gasteiger partial charge in [0.2, 0.25) is 6.79 Å². The molecule has 0 unspecified atom stereocenters. The molecule has 2 N–H and O–H groups in total. The van der Waals surface area contributed by atoms with Gasteiger partial charge in [0, 0.05) is 30.8 Å². The molecule has 2 rings (SSSR count). The molecule has 0 bridgehead atoms. The van der Waals surface area contributed by atoms with E-state index in [4.69, 9.17) is 14.2 Å². The zero-order valence-electron chi connectivity index (χ0n) is 10.9. The molecule has 0 spiro atoms. The molecule has 0 radical (unpaired) electrons. The average molecular weight is 253 g/mol. The number of benzene rings is 1. The summed E-state index contributed by atoms with van der Waals surface area (Å²) in [5, 5.41) is 13.2. The summed E-state index contributed by atoms with van der Waals surface area (Å²) >= 11 is 0. The second-order valence-corrected chi connectivity index (χ2v) is 5.00. The van der Waals surface area contributed by atoms with Crippen molar-refractivity contribution in [3.05, 3.63) is 17.7 Å². The molecule has 0 fully saturated rings. The number of aromatic hydroxyl groups is 1. The normalized spacial score (nSPS) is 13.9. The highest BCUT2D eigenvalue weighted by atomic mass is 16.7. The van der Waals surface area contributed by atoms with Gasteiger partial charge < -0.3 is 24.6 Å². The lowest BCUT2D eigenvalue weighted by molar-refractivity contribution is 0.127. The molecule has 5 nitrogen and oxygen atoms in total. The third kappa shape index (κ3) is 2.86. The molecule has 18 heavy (non-hydrogen) atoms. The molecule has 0 amide bonds. The Hall–Kier alpha value is -1.46. The van der Waals surface area contributed by atoms with E-state index in [9.17, 15) is 5.11 Å². The number of phenolic OH excluding ortho intramolecular Hbond substituents is 1. The van der Waals surface area contributed by atoms with Crippen molar-refractivity contribution < 1.29 is 19.3 Å². The van der Waals surface area contributed by atoms with Crippen LogP contribution >= 0.6 is 0 Å². The summed E-state index contributed by atoms with van der Waals surface area (Å²) in [6.07, 6.45) is 0. The Labute approximate surface area is 107 Å². The number of nitrogens with one attached hydrogen (secondary N) is 1. The summed E-state index contributed by atoms with van der Waals surface area (Å²) in [5.41, 5.74) is 0.626. The zero-order chi connectivity index (χ0) is 13.2. The first-order valence-corrected chi connectivity index (χ1v) is 5.87. The number of fused-ring (bicyclic) bond motifs is 1. The zero-order valence-corrected chi connectivity index (χ0v) is 10.9. The molecule has 0 aromatic heterocycles. The molecule has 1 aromatic rings. The van der Waals surface area contributed by atoms with E-state index in [2.05, 4.69) is 5.32 Å². The molecule has 0 atom stereocenters. The maximum absolute atomic E-state index is 9.89. The molecule has 100 valence electrons. The Kier molecular flexibility index (Phi) is 3.63. The summed E-state index contributed by atoms with van der Waals surface area (Å²) < 4.78 is 15.6. The second kappa shape index (κ2) is 5.04. The van der Waals surface area contributed by atoms with Crippen molar-refractivity contribution >= 4 is 0 Å². The van der Waals surface area contributed by atoms with Crippen LogP contribution in [-0.2, 0) is 11.3 Å². The molecule has 0 saturated carbocycles. The lowest BCUT2D eigenvalue weighted by Gasteiger charge is -2.25. The van der Waals surface area contributed by atoms with Crippen molar-refractivity contribution in [3.63, 3.8) is 0 Å². The Morgan fingerprint density at radius 2 is 2.00 bits per heavy atom. The number of rotatable bonds is 5. The Balaban J connectivity index is 2.06. The van der Waals surface area contributed by atoms with Gasteiger partial charge in [-0.1, -0.05) is 0 Å². The van der Waals surface area contributed by atoms with Crippen LogP contribution in [0.5, 0.6) is 17.2 Å². The monoisotopic (exact) mass is 253 g/mol. The van der Waals surface area contributed by atoms with Crippen LogP contribution in [0.3, 0.4) is 0 Å². The number of methoxy groups -OCH3 is 1. The van der Waals surface area contributed by atoms with Gasteiger partial charge in [-0.15, -0.1) is 0 Å². The number of phenols is 1. The quantitative estimate of drug-likeness (QED) is 0.835. The molecule has 1 aliphatic rings. The van der Waals surface area contributed by atoms with Gasteiger partial charge in [0.05, 0.1) is 6.61 Å². The van der Waals surface area contributed by atoms with Crippen LogP contribution in [0, 0.1) is 0 Å². The summed E-state index contributed by atoms with van der Waals surface area (Å²) in [5.74, 6) is 1.47. The molecular weight excluding hydrogens is 234 g/mol. The molecule has 0 aliphatic carbocycles. The van der Waals surface area contributed by atoms with Crippen LogP contribution in [-0.4, -0.2) is 31.2 Å². The van der Waals surface area contributed by atoms with Gasteiger partial charge in [0.1, 0.15) is 5.75 Å². The van der Waals surface area contributed by atoms with Gasteiger partial charge in [-0.3, -0.25) is 0 Å². The molecule has 1 heterocycles. The van der Waals surface area contributed by atoms with E-state index in [0.29, 0.717) is 24.7 Å². The van der Waals surface area contributed by atoms with Crippen molar-refractivity contribution in [2.24, 2.45) is 0 Å². The number of hydrogen-bond acceptors (Lipinski definition) is 5. The van der Waals surface area contributed by atoms with Gasteiger partial charge in [0.15, 0.2) is 11.5 Å².